The van der Waals surface area contributed by atoms with Crippen LogP contribution in [0.2, 0.25) is 0 Å². The number of aromatic hydroxyl groups is 1. The summed E-state index contributed by atoms with van der Waals surface area (Å²) in [6.45, 7) is 2.01. The molecule has 11 heteroatoms. The molecule has 6 N–H and O–H groups in total. The molecule has 1 amide bonds. The van der Waals surface area contributed by atoms with Crippen LogP contribution in [0.4, 0.5) is 5.69 Å². The minimum absolute atomic E-state index is 0.0703. The minimum atomic E-state index is -2.64. The third-order valence-electron chi connectivity index (χ3n) is 10.1. The van der Waals surface area contributed by atoms with Gasteiger partial charge in [0.2, 0.25) is 5.78 Å². The van der Waals surface area contributed by atoms with Gasteiger partial charge >= 0.3 is 0 Å². The monoisotopic (exact) mass is 580 g/mol. The second kappa shape index (κ2) is 9.82. The maximum Gasteiger partial charge on any atom is 0.255 e. The van der Waals surface area contributed by atoms with E-state index in [0.717, 1.165) is 37.2 Å². The van der Waals surface area contributed by atoms with Crippen LogP contribution in [0, 0.1) is 17.8 Å². The number of fused-ring (bicyclic) bond motifs is 3. The fraction of sp³-hybridized carbons (Fsp3) is 0.581. The zero-order valence-corrected chi connectivity index (χ0v) is 24.6. The van der Waals surface area contributed by atoms with E-state index in [1.165, 1.54) is 17.7 Å². The van der Waals surface area contributed by atoms with Gasteiger partial charge in [-0.2, -0.15) is 0 Å². The third kappa shape index (κ3) is 4.00. The van der Waals surface area contributed by atoms with Crippen LogP contribution in [0.25, 0.3) is 5.76 Å². The number of likely N-dealkylation sites (N-methyl/N-ethyl adjacent to an activating group) is 1. The number of hydrogen-bond donors (Lipinski definition) is 5. The number of anilines is 1. The first kappa shape index (κ1) is 28.7. The Morgan fingerprint density at radius 3 is 2.40 bits per heavy atom. The molecular weight excluding hydrogens is 540 g/mol. The Bertz CT molecular complexity index is 1460. The number of phenols is 1. The summed E-state index contributed by atoms with van der Waals surface area (Å²) in [5.41, 5.74) is 4.53. The van der Waals surface area contributed by atoms with Gasteiger partial charge in [0, 0.05) is 43.9 Å². The van der Waals surface area contributed by atoms with Crippen molar-refractivity contribution in [1.82, 2.24) is 9.80 Å². The van der Waals surface area contributed by atoms with Crippen molar-refractivity contribution in [2.45, 2.75) is 56.2 Å². The quantitative estimate of drug-likeness (QED) is 0.312. The van der Waals surface area contributed by atoms with Crippen LogP contribution in [-0.2, 0) is 20.8 Å². The number of ketones is 2. The maximum absolute atomic E-state index is 14.1. The summed E-state index contributed by atoms with van der Waals surface area (Å²) >= 11 is 0. The number of aliphatic hydroxyl groups excluding tert-OH is 2. The summed E-state index contributed by atoms with van der Waals surface area (Å²) in [5.74, 6) is -5.69. The van der Waals surface area contributed by atoms with E-state index in [9.17, 15) is 34.8 Å². The smallest absolute Gasteiger partial charge is 0.255 e. The Hall–Kier alpha value is -3.41. The van der Waals surface area contributed by atoms with Crippen molar-refractivity contribution in [3.8, 4) is 5.75 Å². The van der Waals surface area contributed by atoms with Gasteiger partial charge in [-0.15, -0.1) is 0 Å². The van der Waals surface area contributed by atoms with Crippen LogP contribution < -0.4 is 10.6 Å². The molecule has 42 heavy (non-hydrogen) atoms. The molecule has 1 aliphatic heterocycles. The van der Waals surface area contributed by atoms with Gasteiger partial charge in [0.25, 0.3) is 5.91 Å². The Morgan fingerprint density at radius 2 is 1.81 bits per heavy atom. The Morgan fingerprint density at radius 1 is 1.12 bits per heavy atom. The first-order valence-electron chi connectivity index (χ1n) is 14.7. The molecule has 5 atom stereocenters. The van der Waals surface area contributed by atoms with Crippen molar-refractivity contribution in [1.29, 1.82) is 0 Å². The van der Waals surface area contributed by atoms with Gasteiger partial charge in [-0.05, 0) is 88.2 Å². The zero-order valence-electron chi connectivity index (χ0n) is 24.6. The van der Waals surface area contributed by atoms with Crippen LogP contribution in [0.3, 0.4) is 0 Å². The van der Waals surface area contributed by atoms with E-state index in [2.05, 4.69) is 4.90 Å². The number of aliphatic hydroxyl groups is 3. The number of phenolic OH excluding ortho intramolecular Hbond substituents is 1. The van der Waals surface area contributed by atoms with Crippen LogP contribution in [0.1, 0.15) is 54.8 Å². The molecule has 0 bridgehead atoms. The van der Waals surface area contributed by atoms with Crippen LogP contribution >= 0.6 is 0 Å². The van der Waals surface area contributed by atoms with E-state index in [4.69, 9.17) is 5.73 Å². The summed E-state index contributed by atoms with van der Waals surface area (Å²) in [6, 6.07) is 0.703. The summed E-state index contributed by atoms with van der Waals surface area (Å²) in [4.78, 5) is 45.6. The molecule has 0 radical (unpaired) electrons. The van der Waals surface area contributed by atoms with Crippen LogP contribution in [0.15, 0.2) is 23.0 Å². The molecule has 3 fully saturated rings. The van der Waals surface area contributed by atoms with Gasteiger partial charge < -0.3 is 31.1 Å². The van der Waals surface area contributed by atoms with Crippen LogP contribution in [-0.4, -0.2) is 101 Å². The van der Waals surface area contributed by atoms with Gasteiger partial charge in [-0.1, -0.05) is 0 Å². The van der Waals surface area contributed by atoms with Crippen molar-refractivity contribution >= 4 is 28.9 Å². The molecule has 11 nitrogen and oxygen atoms in total. The predicted octanol–water partition coefficient (Wildman–Crippen LogP) is 1.58. The lowest BCUT2D eigenvalue weighted by Gasteiger charge is -2.50. The van der Waals surface area contributed by atoms with E-state index in [0.29, 0.717) is 11.5 Å². The van der Waals surface area contributed by atoms with Crippen molar-refractivity contribution in [2.75, 3.05) is 46.2 Å². The highest BCUT2D eigenvalue weighted by molar-refractivity contribution is 6.24. The van der Waals surface area contributed by atoms with Crippen molar-refractivity contribution in [3.05, 3.63) is 39.7 Å². The molecule has 5 aliphatic rings. The second-order valence-electron chi connectivity index (χ2n) is 13.1. The van der Waals surface area contributed by atoms with Gasteiger partial charge in [0.15, 0.2) is 11.4 Å². The summed E-state index contributed by atoms with van der Waals surface area (Å²) in [7, 11) is 7.04. The number of amides is 1. The SMILES string of the molecule is CN(C)c1c(C2CCCN2CC2CC2)cc(O)c2c1C[C@H]1C[C@H]3[C@H](N(C)C)C(=O)C(C(N)=O)=C(O)[C@@]3(O)C(=O)C1=C2O. The number of nitrogens with zero attached hydrogens (tertiary/aromatic N) is 3. The fourth-order valence-corrected chi connectivity index (χ4v) is 8.14. The van der Waals surface area contributed by atoms with Crippen molar-refractivity contribution in [3.63, 3.8) is 0 Å². The summed E-state index contributed by atoms with van der Waals surface area (Å²) in [6.07, 6.45) is 4.84. The maximum atomic E-state index is 14.1. The van der Waals surface area contributed by atoms with E-state index in [-0.39, 0.29) is 35.8 Å². The fourth-order valence-electron chi connectivity index (χ4n) is 8.14. The number of hydrogen-bond acceptors (Lipinski definition) is 10. The average Bonchev–Trinajstić information content (AvgIpc) is 3.59. The minimum Gasteiger partial charge on any atom is -0.508 e. The Labute approximate surface area is 244 Å². The lowest BCUT2D eigenvalue weighted by atomic mass is 9.57. The molecule has 1 aromatic rings. The first-order valence-corrected chi connectivity index (χ1v) is 14.7. The lowest BCUT2D eigenvalue weighted by Crippen LogP contribution is -2.65. The van der Waals surface area contributed by atoms with E-state index < -0.39 is 58.0 Å². The van der Waals surface area contributed by atoms with Crippen molar-refractivity contribution in [2.24, 2.45) is 23.5 Å². The molecule has 226 valence electrons. The molecule has 6 rings (SSSR count). The number of nitrogens with two attached hydrogens (primary N) is 1. The molecule has 1 aromatic carbocycles. The standard InChI is InChI=1S/C31H40N4O7/c1-33(2)24-16(19-6-5-9-35(19)13-14-7-8-14)12-20(36)22-17(24)10-15-11-18-25(34(3)4)27(38)23(30(32)41)29(40)31(18,42)28(39)21(15)26(22)37/h12,14-15,18-19,25,36-37,40,42H,5-11,13H2,1-4H3,(H2,32,41)/t15-,18-,19?,25-,31-/m0/s1. The normalized spacial score (nSPS) is 31.4. The Kier molecular flexibility index (Phi) is 6.71. The third-order valence-corrected chi connectivity index (χ3v) is 10.1. The van der Waals surface area contributed by atoms with Crippen molar-refractivity contribution < 1.29 is 34.8 Å². The first-order chi connectivity index (χ1) is 19.8. The van der Waals surface area contributed by atoms with Gasteiger partial charge in [0.1, 0.15) is 22.8 Å². The molecule has 1 unspecified atom stereocenters. The number of Topliss-reactive ketones (excluding diaryl/α,β-unsaturated/α-hetero) is 2. The highest BCUT2D eigenvalue weighted by atomic mass is 16.3. The zero-order chi connectivity index (χ0) is 30.4. The molecular formula is C31H40N4O7. The van der Waals surface area contributed by atoms with Gasteiger partial charge in [0.05, 0.1) is 11.6 Å². The van der Waals surface area contributed by atoms with Gasteiger partial charge in [-0.25, -0.2) is 0 Å². The predicted molar refractivity (Wildman–Crippen MR) is 155 cm³/mol. The lowest BCUT2D eigenvalue weighted by molar-refractivity contribution is -0.153. The van der Waals surface area contributed by atoms with E-state index >= 15 is 0 Å². The summed E-state index contributed by atoms with van der Waals surface area (Å²) in [5, 5.41) is 45.9. The molecule has 1 saturated heterocycles. The van der Waals surface area contributed by atoms with Gasteiger partial charge in [-0.3, -0.25) is 24.2 Å². The largest absolute Gasteiger partial charge is 0.508 e. The molecule has 4 aliphatic carbocycles. The number of benzene rings is 1. The highest BCUT2D eigenvalue weighted by Gasteiger charge is 2.64. The van der Waals surface area contributed by atoms with Crippen LogP contribution in [0.5, 0.6) is 5.75 Å². The van der Waals surface area contributed by atoms with E-state index in [1.807, 2.05) is 19.0 Å². The average molecular weight is 581 g/mol. The number of primary amides is 1. The molecule has 0 aromatic heterocycles. The molecule has 2 saturated carbocycles. The summed E-state index contributed by atoms with van der Waals surface area (Å²) < 4.78 is 0. The number of likely N-dealkylation sites (tertiary alicyclic amines) is 1. The topological polar surface area (TPSA) is 168 Å². The molecule has 1 heterocycles. The number of rotatable bonds is 6. The van der Waals surface area contributed by atoms with E-state index in [1.54, 1.807) is 20.2 Å². The second-order valence-corrected chi connectivity index (χ2v) is 13.1. The number of carbonyl (C=O) groups is 3. The number of carbonyl (C=O) groups excluding carboxylic acids is 3. The Balaban J connectivity index is 1.51. The highest BCUT2D eigenvalue weighted by Crippen LogP contribution is 2.55. The molecule has 0 spiro atoms.